The minimum atomic E-state index is -0.812. The van der Waals surface area contributed by atoms with Crippen molar-refractivity contribution in [3.8, 4) is 5.69 Å². The molecule has 0 unspecified atom stereocenters. The van der Waals surface area contributed by atoms with Gasteiger partial charge in [0, 0.05) is 0 Å². The maximum Gasteiger partial charge on any atom is 0.346 e. The predicted molar refractivity (Wildman–Crippen MR) is 107 cm³/mol. The number of halogens is 1. The Bertz CT molecular complexity index is 945. The van der Waals surface area contributed by atoms with Crippen molar-refractivity contribution in [3.05, 3.63) is 46.7 Å². The Morgan fingerprint density at radius 1 is 1.25 bits per heavy atom. The van der Waals surface area contributed by atoms with Crippen LogP contribution in [0.4, 0.5) is 4.79 Å². The molecule has 2 aromatic rings. The van der Waals surface area contributed by atoms with Crippen molar-refractivity contribution in [2.24, 2.45) is 11.0 Å². The SMILES string of the molecule is Cc1nn(-c2ccccc2)c(Cl)c1/C=N/N1C(=O)NC2(CCC(C)CC2)C1=O. The van der Waals surface area contributed by atoms with Gasteiger partial charge in [-0.25, -0.2) is 9.48 Å². The van der Waals surface area contributed by atoms with Crippen LogP contribution in [0, 0.1) is 12.8 Å². The molecule has 146 valence electrons. The van der Waals surface area contributed by atoms with Crippen LogP contribution in [0.25, 0.3) is 5.69 Å². The molecule has 2 fully saturated rings. The van der Waals surface area contributed by atoms with Gasteiger partial charge in [-0.2, -0.15) is 10.2 Å². The zero-order chi connectivity index (χ0) is 19.9. The first-order valence-electron chi connectivity index (χ1n) is 9.42. The molecule has 0 radical (unpaired) electrons. The summed E-state index contributed by atoms with van der Waals surface area (Å²) in [5.41, 5.74) is 1.24. The third-order valence-electron chi connectivity index (χ3n) is 5.62. The molecular weight excluding hydrogens is 378 g/mol. The number of rotatable bonds is 3. The fourth-order valence-electron chi connectivity index (χ4n) is 3.82. The Morgan fingerprint density at radius 2 is 1.93 bits per heavy atom. The zero-order valence-electron chi connectivity index (χ0n) is 15.9. The number of benzene rings is 1. The fraction of sp³-hybridized carbons (Fsp3) is 0.400. The molecule has 1 spiro atoms. The number of para-hydroxylation sites is 1. The highest BCUT2D eigenvalue weighted by atomic mass is 35.5. The standard InChI is InChI=1S/C20H22ClN5O2/c1-13-8-10-20(11-9-13)18(27)26(19(28)23-20)22-12-16-14(2)24-25(17(16)21)15-6-4-3-5-7-15/h3-7,12-13H,8-11H2,1-2H3,(H,23,28)/b22-12+. The molecule has 1 N–H and O–H groups in total. The van der Waals surface area contributed by atoms with Crippen molar-refractivity contribution < 1.29 is 9.59 Å². The quantitative estimate of drug-likeness (QED) is 0.631. The molecule has 1 saturated heterocycles. The Labute approximate surface area is 168 Å². The monoisotopic (exact) mass is 399 g/mol. The summed E-state index contributed by atoms with van der Waals surface area (Å²) in [6.45, 7) is 3.97. The number of hydrazone groups is 1. The summed E-state index contributed by atoms with van der Waals surface area (Å²) in [5.74, 6) is 0.281. The van der Waals surface area contributed by atoms with E-state index in [-0.39, 0.29) is 5.91 Å². The third-order valence-corrected chi connectivity index (χ3v) is 5.98. The van der Waals surface area contributed by atoms with Gasteiger partial charge in [0.05, 0.1) is 23.2 Å². The highest BCUT2D eigenvalue weighted by Gasteiger charge is 2.52. The minimum Gasteiger partial charge on any atom is -0.321 e. The van der Waals surface area contributed by atoms with E-state index in [4.69, 9.17) is 11.6 Å². The van der Waals surface area contributed by atoms with E-state index in [1.54, 1.807) is 4.68 Å². The van der Waals surface area contributed by atoms with E-state index in [9.17, 15) is 9.59 Å². The molecular formula is C20H22ClN5O2. The number of urea groups is 1. The number of imide groups is 1. The highest BCUT2D eigenvalue weighted by molar-refractivity contribution is 6.32. The number of carbonyl (C=O) groups is 2. The van der Waals surface area contributed by atoms with Crippen molar-refractivity contribution in [2.75, 3.05) is 0 Å². The van der Waals surface area contributed by atoms with Crippen molar-refractivity contribution in [2.45, 2.75) is 45.1 Å². The van der Waals surface area contributed by atoms with E-state index in [1.165, 1.54) is 6.21 Å². The molecule has 1 aliphatic heterocycles. The smallest absolute Gasteiger partial charge is 0.321 e. The number of nitrogens with one attached hydrogen (secondary N) is 1. The molecule has 2 heterocycles. The van der Waals surface area contributed by atoms with Gasteiger partial charge in [0.1, 0.15) is 10.7 Å². The first-order chi connectivity index (χ1) is 13.4. The van der Waals surface area contributed by atoms with E-state index >= 15 is 0 Å². The highest BCUT2D eigenvalue weighted by Crippen LogP contribution is 2.36. The van der Waals surface area contributed by atoms with Crippen LogP contribution in [0.1, 0.15) is 43.9 Å². The average Bonchev–Trinajstić information content (AvgIpc) is 3.10. The second kappa shape index (κ2) is 7.05. The minimum absolute atomic E-state index is 0.287. The number of aromatic nitrogens is 2. The zero-order valence-corrected chi connectivity index (χ0v) is 16.6. The van der Waals surface area contributed by atoms with Crippen molar-refractivity contribution in [3.63, 3.8) is 0 Å². The summed E-state index contributed by atoms with van der Waals surface area (Å²) < 4.78 is 1.61. The van der Waals surface area contributed by atoms with E-state index < -0.39 is 11.6 Å². The van der Waals surface area contributed by atoms with Crippen LogP contribution in [0.3, 0.4) is 0 Å². The molecule has 1 aliphatic carbocycles. The van der Waals surface area contributed by atoms with Gasteiger partial charge >= 0.3 is 6.03 Å². The van der Waals surface area contributed by atoms with Crippen molar-refractivity contribution >= 4 is 29.8 Å². The lowest BCUT2D eigenvalue weighted by Crippen LogP contribution is -2.49. The Hall–Kier alpha value is -2.67. The summed E-state index contributed by atoms with van der Waals surface area (Å²) in [4.78, 5) is 25.3. The van der Waals surface area contributed by atoms with Crippen molar-refractivity contribution in [1.82, 2.24) is 20.1 Å². The molecule has 0 bridgehead atoms. The number of nitrogens with zero attached hydrogens (tertiary/aromatic N) is 4. The normalized spacial score (nSPS) is 25.1. The number of aryl methyl sites for hydroxylation is 1. The van der Waals surface area contributed by atoms with Crippen LogP contribution in [0.2, 0.25) is 5.15 Å². The van der Waals surface area contributed by atoms with Crippen LogP contribution in [0.15, 0.2) is 35.4 Å². The van der Waals surface area contributed by atoms with Gasteiger partial charge < -0.3 is 5.32 Å². The predicted octanol–water partition coefficient (Wildman–Crippen LogP) is 3.67. The van der Waals surface area contributed by atoms with Gasteiger partial charge in [-0.05, 0) is 50.7 Å². The maximum absolute atomic E-state index is 12.9. The van der Waals surface area contributed by atoms with Gasteiger partial charge in [0.2, 0.25) is 0 Å². The van der Waals surface area contributed by atoms with E-state index in [0.29, 0.717) is 35.2 Å². The van der Waals surface area contributed by atoms with E-state index in [0.717, 1.165) is 23.5 Å². The van der Waals surface area contributed by atoms with Crippen molar-refractivity contribution in [1.29, 1.82) is 0 Å². The lowest BCUT2D eigenvalue weighted by molar-refractivity contribution is -0.132. The van der Waals surface area contributed by atoms with Crippen LogP contribution >= 0.6 is 11.6 Å². The summed E-state index contributed by atoms with van der Waals surface area (Å²) in [5, 5.41) is 12.8. The van der Waals surface area contributed by atoms with Crippen LogP contribution in [0.5, 0.6) is 0 Å². The number of carbonyl (C=O) groups excluding carboxylic acids is 2. The third kappa shape index (κ3) is 3.09. The molecule has 1 aromatic heterocycles. The molecule has 8 heteroatoms. The van der Waals surface area contributed by atoms with Crippen LogP contribution in [-0.4, -0.2) is 38.5 Å². The molecule has 2 aliphatic rings. The van der Waals surface area contributed by atoms with E-state index in [2.05, 4.69) is 22.4 Å². The molecule has 0 atom stereocenters. The second-order valence-corrected chi connectivity index (χ2v) is 7.95. The lowest BCUT2D eigenvalue weighted by Gasteiger charge is -2.33. The molecule has 1 aromatic carbocycles. The summed E-state index contributed by atoms with van der Waals surface area (Å²) in [6.07, 6.45) is 4.57. The van der Waals surface area contributed by atoms with E-state index in [1.807, 2.05) is 37.3 Å². The Morgan fingerprint density at radius 3 is 2.61 bits per heavy atom. The maximum atomic E-state index is 12.9. The van der Waals surface area contributed by atoms with Crippen LogP contribution in [-0.2, 0) is 4.79 Å². The van der Waals surface area contributed by atoms with Crippen LogP contribution < -0.4 is 5.32 Å². The lowest BCUT2D eigenvalue weighted by atomic mass is 9.77. The summed E-state index contributed by atoms with van der Waals surface area (Å²) in [6, 6.07) is 9.01. The van der Waals surface area contributed by atoms with Gasteiger partial charge in [0.25, 0.3) is 5.91 Å². The Balaban J connectivity index is 1.59. The fourth-order valence-corrected chi connectivity index (χ4v) is 4.14. The summed E-state index contributed by atoms with van der Waals surface area (Å²) >= 11 is 6.49. The molecule has 7 nitrogen and oxygen atoms in total. The first-order valence-corrected chi connectivity index (χ1v) is 9.80. The second-order valence-electron chi connectivity index (χ2n) is 7.59. The average molecular weight is 400 g/mol. The number of hydrogen-bond acceptors (Lipinski definition) is 4. The topological polar surface area (TPSA) is 79.6 Å². The molecule has 1 saturated carbocycles. The number of hydrogen-bond donors (Lipinski definition) is 1. The molecule has 4 rings (SSSR count). The largest absolute Gasteiger partial charge is 0.346 e. The van der Waals surface area contributed by atoms with Gasteiger partial charge in [-0.1, -0.05) is 36.7 Å². The first kappa shape index (κ1) is 18.7. The van der Waals surface area contributed by atoms with Gasteiger partial charge in [-0.15, -0.1) is 5.01 Å². The van der Waals surface area contributed by atoms with Gasteiger partial charge in [-0.3, -0.25) is 4.79 Å². The molecule has 3 amide bonds. The Kier molecular flexibility index (Phi) is 4.71. The number of amides is 3. The van der Waals surface area contributed by atoms with Gasteiger partial charge in [0.15, 0.2) is 0 Å². The summed E-state index contributed by atoms with van der Waals surface area (Å²) in [7, 11) is 0. The molecule has 28 heavy (non-hydrogen) atoms.